The number of amides is 1. The van der Waals surface area contributed by atoms with Crippen LogP contribution in [0.15, 0.2) is 84.0 Å². The molecule has 172 valence electrons. The topological polar surface area (TPSA) is 69.5 Å². The Hall–Kier alpha value is -3.78. The van der Waals surface area contributed by atoms with Crippen molar-refractivity contribution in [2.75, 3.05) is 20.9 Å². The van der Waals surface area contributed by atoms with Crippen LogP contribution in [-0.2, 0) is 11.3 Å². The summed E-state index contributed by atoms with van der Waals surface area (Å²) in [6.45, 7) is 0.751. The van der Waals surface area contributed by atoms with Gasteiger partial charge in [0.15, 0.2) is 22.5 Å². The number of rotatable bonds is 7. The third kappa shape index (κ3) is 4.49. The van der Waals surface area contributed by atoms with Gasteiger partial charge in [-0.05, 0) is 23.3 Å². The van der Waals surface area contributed by atoms with Gasteiger partial charge in [0.1, 0.15) is 5.25 Å². The van der Waals surface area contributed by atoms with Gasteiger partial charge in [-0.15, -0.1) is 10.2 Å². The van der Waals surface area contributed by atoms with Crippen molar-refractivity contribution in [1.82, 2.24) is 19.7 Å². The molecule has 0 fully saturated rings. The second kappa shape index (κ2) is 9.61. The molecule has 0 aliphatic carbocycles. The van der Waals surface area contributed by atoms with Gasteiger partial charge in [0.25, 0.3) is 0 Å². The number of likely N-dealkylation sites (N-methyl/N-ethyl adjacent to an activating group) is 1. The molecule has 0 unspecified atom stereocenters. The van der Waals surface area contributed by atoms with Gasteiger partial charge in [-0.1, -0.05) is 78.5 Å². The Morgan fingerprint density at radius 2 is 1.68 bits per heavy atom. The first-order chi connectivity index (χ1) is 16.6. The van der Waals surface area contributed by atoms with Crippen LogP contribution in [0.2, 0.25) is 0 Å². The molecule has 0 N–H and O–H groups in total. The SMILES string of the molecule is CN(C)C(=O)[C@H](Sc1nnc(-c2ccccc2)n1Cc1ccc2c(c1)OCO2)c1ccccc1. The van der Waals surface area contributed by atoms with E-state index in [0.717, 1.165) is 34.0 Å². The molecule has 1 atom stereocenters. The summed E-state index contributed by atoms with van der Waals surface area (Å²) in [5, 5.41) is 9.26. The second-order valence-corrected chi connectivity index (χ2v) is 9.16. The molecule has 1 aliphatic rings. The third-order valence-electron chi connectivity index (χ3n) is 5.52. The minimum absolute atomic E-state index is 0.00455. The molecule has 0 radical (unpaired) electrons. The fourth-order valence-corrected chi connectivity index (χ4v) is 4.95. The highest BCUT2D eigenvalue weighted by Crippen LogP contribution is 2.38. The number of aromatic nitrogens is 3. The van der Waals surface area contributed by atoms with Crippen LogP contribution in [0.5, 0.6) is 11.5 Å². The first-order valence-electron chi connectivity index (χ1n) is 10.9. The Kier molecular flexibility index (Phi) is 6.22. The van der Waals surface area contributed by atoms with Crippen LogP contribution >= 0.6 is 11.8 Å². The van der Waals surface area contributed by atoms with Crippen molar-refractivity contribution in [2.45, 2.75) is 17.0 Å². The summed E-state index contributed by atoms with van der Waals surface area (Å²) >= 11 is 1.41. The van der Waals surface area contributed by atoms with Crippen LogP contribution in [0, 0.1) is 0 Å². The Labute approximate surface area is 202 Å². The lowest BCUT2D eigenvalue weighted by Gasteiger charge is -2.20. The van der Waals surface area contributed by atoms with Crippen molar-refractivity contribution in [2.24, 2.45) is 0 Å². The molecule has 7 nitrogen and oxygen atoms in total. The molecule has 2 heterocycles. The Morgan fingerprint density at radius 3 is 2.41 bits per heavy atom. The number of thioether (sulfide) groups is 1. The van der Waals surface area contributed by atoms with Crippen LogP contribution in [0.25, 0.3) is 11.4 Å². The van der Waals surface area contributed by atoms with E-state index in [1.807, 2.05) is 78.9 Å². The van der Waals surface area contributed by atoms with Gasteiger partial charge in [-0.3, -0.25) is 9.36 Å². The van der Waals surface area contributed by atoms with Crippen molar-refractivity contribution in [3.05, 3.63) is 90.0 Å². The highest BCUT2D eigenvalue weighted by atomic mass is 32.2. The third-order valence-corrected chi connectivity index (χ3v) is 6.74. The predicted molar refractivity (Wildman–Crippen MR) is 131 cm³/mol. The molecule has 3 aromatic carbocycles. The van der Waals surface area contributed by atoms with E-state index in [9.17, 15) is 4.79 Å². The smallest absolute Gasteiger partial charge is 0.240 e. The van der Waals surface area contributed by atoms with Crippen molar-refractivity contribution < 1.29 is 14.3 Å². The fraction of sp³-hybridized carbons (Fsp3) is 0.192. The second-order valence-electron chi connectivity index (χ2n) is 8.09. The highest BCUT2D eigenvalue weighted by Gasteiger charge is 2.27. The van der Waals surface area contributed by atoms with E-state index in [4.69, 9.17) is 9.47 Å². The standard InChI is InChI=1S/C26H24N4O3S/c1-29(2)25(31)23(19-9-5-3-6-10-19)34-26-28-27-24(20-11-7-4-8-12-20)30(26)16-18-13-14-21-22(15-18)33-17-32-21/h3-15,23H,16-17H2,1-2H3/t23-/m1/s1. The van der Waals surface area contributed by atoms with Crippen LogP contribution in [-0.4, -0.2) is 46.5 Å². The maximum absolute atomic E-state index is 13.1. The fourth-order valence-electron chi connectivity index (χ4n) is 3.77. The molecule has 0 spiro atoms. The summed E-state index contributed by atoms with van der Waals surface area (Å²) in [7, 11) is 3.54. The number of hydrogen-bond donors (Lipinski definition) is 0. The molecule has 1 aromatic heterocycles. The van der Waals surface area contributed by atoms with E-state index in [0.29, 0.717) is 11.7 Å². The van der Waals surface area contributed by atoms with E-state index in [1.165, 1.54) is 11.8 Å². The zero-order valence-corrected chi connectivity index (χ0v) is 19.7. The molecule has 0 saturated heterocycles. The maximum atomic E-state index is 13.1. The van der Waals surface area contributed by atoms with Gasteiger partial charge in [-0.25, -0.2) is 0 Å². The first-order valence-corrected chi connectivity index (χ1v) is 11.8. The minimum atomic E-state index is -0.445. The van der Waals surface area contributed by atoms with E-state index in [2.05, 4.69) is 14.8 Å². The molecule has 0 bridgehead atoms. The number of carbonyl (C=O) groups is 1. The number of benzene rings is 3. The molecule has 4 aromatic rings. The van der Waals surface area contributed by atoms with E-state index >= 15 is 0 Å². The van der Waals surface area contributed by atoms with E-state index in [1.54, 1.807) is 19.0 Å². The molecule has 1 amide bonds. The first kappa shape index (κ1) is 22.0. The molecular formula is C26H24N4O3S. The molecule has 5 rings (SSSR count). The summed E-state index contributed by atoms with van der Waals surface area (Å²) < 4.78 is 13.1. The molecule has 34 heavy (non-hydrogen) atoms. The number of ether oxygens (including phenoxy) is 2. The summed E-state index contributed by atoms with van der Waals surface area (Å²) in [5.74, 6) is 2.21. The molecule has 1 aliphatic heterocycles. The quantitative estimate of drug-likeness (QED) is 0.365. The predicted octanol–water partition coefficient (Wildman–Crippen LogP) is 4.64. The van der Waals surface area contributed by atoms with Crippen molar-refractivity contribution in [3.63, 3.8) is 0 Å². The number of carbonyl (C=O) groups excluding carboxylic acids is 1. The van der Waals surface area contributed by atoms with Gasteiger partial charge in [0, 0.05) is 19.7 Å². The van der Waals surface area contributed by atoms with Gasteiger partial charge < -0.3 is 14.4 Å². The van der Waals surface area contributed by atoms with Crippen molar-refractivity contribution >= 4 is 17.7 Å². The monoisotopic (exact) mass is 472 g/mol. The van der Waals surface area contributed by atoms with Crippen LogP contribution in [0.3, 0.4) is 0 Å². The summed E-state index contributed by atoms with van der Waals surface area (Å²) in [6, 6.07) is 25.6. The minimum Gasteiger partial charge on any atom is -0.454 e. The average Bonchev–Trinajstić information content (AvgIpc) is 3.50. The highest BCUT2D eigenvalue weighted by molar-refractivity contribution is 8.00. The number of nitrogens with zero attached hydrogens (tertiary/aromatic N) is 4. The lowest BCUT2D eigenvalue weighted by molar-refractivity contribution is -0.128. The number of fused-ring (bicyclic) bond motifs is 1. The zero-order valence-electron chi connectivity index (χ0n) is 18.9. The van der Waals surface area contributed by atoms with Gasteiger partial charge in [0.2, 0.25) is 12.7 Å². The summed E-state index contributed by atoms with van der Waals surface area (Å²) in [5.41, 5.74) is 2.90. The Morgan fingerprint density at radius 1 is 0.971 bits per heavy atom. The van der Waals surface area contributed by atoms with E-state index < -0.39 is 5.25 Å². The largest absolute Gasteiger partial charge is 0.454 e. The van der Waals surface area contributed by atoms with Gasteiger partial charge in [0.05, 0.1) is 6.54 Å². The number of hydrogen-bond acceptors (Lipinski definition) is 6. The molecule has 8 heteroatoms. The van der Waals surface area contributed by atoms with Crippen molar-refractivity contribution in [1.29, 1.82) is 0 Å². The van der Waals surface area contributed by atoms with Gasteiger partial charge in [-0.2, -0.15) is 0 Å². The Bertz CT molecular complexity index is 1290. The average molecular weight is 473 g/mol. The normalized spacial score (nSPS) is 13.0. The molecule has 0 saturated carbocycles. The summed E-state index contributed by atoms with van der Waals surface area (Å²) in [4.78, 5) is 14.8. The van der Waals surface area contributed by atoms with Crippen molar-refractivity contribution in [3.8, 4) is 22.9 Å². The maximum Gasteiger partial charge on any atom is 0.240 e. The van der Waals surface area contributed by atoms with Crippen LogP contribution in [0.1, 0.15) is 16.4 Å². The molecular weight excluding hydrogens is 448 g/mol. The van der Waals surface area contributed by atoms with Gasteiger partial charge >= 0.3 is 0 Å². The van der Waals surface area contributed by atoms with E-state index in [-0.39, 0.29) is 12.7 Å². The zero-order chi connectivity index (χ0) is 23.5. The van der Waals surface area contributed by atoms with Crippen LogP contribution in [0.4, 0.5) is 0 Å². The lowest BCUT2D eigenvalue weighted by Crippen LogP contribution is -2.27. The Balaban J connectivity index is 1.55. The lowest BCUT2D eigenvalue weighted by atomic mass is 10.1. The van der Waals surface area contributed by atoms with Crippen LogP contribution < -0.4 is 9.47 Å². The summed E-state index contributed by atoms with van der Waals surface area (Å²) in [6.07, 6.45) is 0.